The summed E-state index contributed by atoms with van der Waals surface area (Å²) in [6, 6.07) is 0. The molecule has 0 radical (unpaired) electrons. The van der Waals surface area contributed by atoms with Crippen LogP contribution in [0.5, 0.6) is 0 Å². The molecule has 0 spiro atoms. The largest absolute Gasteiger partial charge is 0.387 e. The number of amidine groups is 1. The van der Waals surface area contributed by atoms with E-state index in [4.69, 9.17) is 10.5 Å². The van der Waals surface area contributed by atoms with Crippen LogP contribution in [0, 0.1) is 5.92 Å². The number of nitrogens with zero attached hydrogens (tertiary/aromatic N) is 2. The van der Waals surface area contributed by atoms with Gasteiger partial charge in [-0.05, 0) is 19.3 Å². The summed E-state index contributed by atoms with van der Waals surface area (Å²) in [5.74, 6) is 1.50. The van der Waals surface area contributed by atoms with Gasteiger partial charge in [0.25, 0.3) is 0 Å². The van der Waals surface area contributed by atoms with Gasteiger partial charge in [0.15, 0.2) is 0 Å². The summed E-state index contributed by atoms with van der Waals surface area (Å²) in [4.78, 5) is 6.84. The van der Waals surface area contributed by atoms with Crippen molar-refractivity contribution in [2.75, 3.05) is 39.4 Å². The first kappa shape index (κ1) is 10.9. The quantitative estimate of drug-likeness (QED) is 0.409. The minimum Gasteiger partial charge on any atom is -0.387 e. The van der Waals surface area contributed by atoms with Crippen molar-refractivity contribution >= 4 is 5.84 Å². The van der Waals surface area contributed by atoms with Gasteiger partial charge >= 0.3 is 0 Å². The van der Waals surface area contributed by atoms with E-state index in [0.29, 0.717) is 5.92 Å². The van der Waals surface area contributed by atoms with Crippen molar-refractivity contribution in [3.05, 3.63) is 0 Å². The Morgan fingerprint density at radius 1 is 1.33 bits per heavy atom. The number of nitrogens with two attached hydrogens (primary N) is 1. The first-order chi connectivity index (χ1) is 7.36. The lowest BCUT2D eigenvalue weighted by Crippen LogP contribution is -2.37. The molecule has 0 unspecified atom stereocenters. The molecule has 1 saturated heterocycles. The standard InChI is InChI=1S/C11H21N3O/c12-11(10-2-3-10)13-4-1-5-14-6-8-15-9-7-14/h10H,1-9H2,(H2,12,13). The summed E-state index contributed by atoms with van der Waals surface area (Å²) >= 11 is 0. The van der Waals surface area contributed by atoms with Gasteiger partial charge in [0.05, 0.1) is 19.0 Å². The van der Waals surface area contributed by atoms with Crippen molar-refractivity contribution in [3.8, 4) is 0 Å². The summed E-state index contributed by atoms with van der Waals surface area (Å²) in [5, 5.41) is 0. The summed E-state index contributed by atoms with van der Waals surface area (Å²) in [7, 11) is 0. The lowest BCUT2D eigenvalue weighted by atomic mass is 10.3. The topological polar surface area (TPSA) is 50.8 Å². The number of aliphatic imine (C=N–C) groups is 1. The molecule has 1 aliphatic carbocycles. The van der Waals surface area contributed by atoms with Crippen LogP contribution in [0.15, 0.2) is 4.99 Å². The molecule has 15 heavy (non-hydrogen) atoms. The molecule has 2 rings (SSSR count). The molecule has 2 aliphatic rings. The van der Waals surface area contributed by atoms with Gasteiger partial charge < -0.3 is 10.5 Å². The third-order valence-corrected chi connectivity index (χ3v) is 3.03. The fourth-order valence-corrected chi connectivity index (χ4v) is 1.84. The smallest absolute Gasteiger partial charge is 0.0968 e. The molecule has 4 heteroatoms. The zero-order valence-corrected chi connectivity index (χ0v) is 9.32. The lowest BCUT2D eigenvalue weighted by Gasteiger charge is -2.26. The highest BCUT2D eigenvalue weighted by molar-refractivity contribution is 5.84. The van der Waals surface area contributed by atoms with Crippen LogP contribution in [-0.4, -0.2) is 50.1 Å². The van der Waals surface area contributed by atoms with E-state index in [1.54, 1.807) is 0 Å². The fourth-order valence-electron chi connectivity index (χ4n) is 1.84. The van der Waals surface area contributed by atoms with E-state index in [0.717, 1.165) is 51.6 Å². The Labute approximate surface area is 91.5 Å². The minimum absolute atomic E-state index is 0.619. The molecular formula is C11H21N3O. The molecule has 2 N–H and O–H groups in total. The van der Waals surface area contributed by atoms with Crippen LogP contribution in [-0.2, 0) is 4.74 Å². The van der Waals surface area contributed by atoms with Crippen LogP contribution in [0.4, 0.5) is 0 Å². The summed E-state index contributed by atoms with van der Waals surface area (Å²) in [6.45, 7) is 5.93. The second-order valence-corrected chi connectivity index (χ2v) is 4.39. The maximum atomic E-state index is 5.81. The van der Waals surface area contributed by atoms with Gasteiger partial charge in [-0.1, -0.05) is 0 Å². The Morgan fingerprint density at radius 3 is 2.73 bits per heavy atom. The summed E-state index contributed by atoms with van der Waals surface area (Å²) < 4.78 is 5.29. The molecule has 0 bridgehead atoms. The van der Waals surface area contributed by atoms with E-state index in [-0.39, 0.29) is 0 Å². The van der Waals surface area contributed by atoms with Gasteiger partial charge in [0.1, 0.15) is 0 Å². The zero-order valence-electron chi connectivity index (χ0n) is 9.32. The molecule has 1 heterocycles. The van der Waals surface area contributed by atoms with Crippen LogP contribution < -0.4 is 5.73 Å². The molecule has 4 nitrogen and oxygen atoms in total. The molecule has 1 aliphatic heterocycles. The molecule has 0 amide bonds. The van der Waals surface area contributed by atoms with Gasteiger partial charge in [-0.15, -0.1) is 0 Å². The summed E-state index contributed by atoms with van der Waals surface area (Å²) in [6.07, 6.45) is 3.62. The first-order valence-electron chi connectivity index (χ1n) is 5.96. The number of ether oxygens (including phenoxy) is 1. The van der Waals surface area contributed by atoms with Gasteiger partial charge in [0, 0.05) is 32.1 Å². The molecular weight excluding hydrogens is 190 g/mol. The molecule has 1 saturated carbocycles. The lowest BCUT2D eigenvalue weighted by molar-refractivity contribution is 0.0377. The second-order valence-electron chi connectivity index (χ2n) is 4.39. The van der Waals surface area contributed by atoms with E-state index in [1.165, 1.54) is 12.8 Å². The first-order valence-corrected chi connectivity index (χ1v) is 5.96. The Bertz CT molecular complexity index is 220. The highest BCUT2D eigenvalue weighted by Gasteiger charge is 2.24. The Kier molecular flexibility index (Phi) is 3.97. The normalized spacial score (nSPS) is 24.4. The highest BCUT2D eigenvalue weighted by atomic mass is 16.5. The van der Waals surface area contributed by atoms with E-state index in [2.05, 4.69) is 9.89 Å². The van der Waals surface area contributed by atoms with Gasteiger partial charge in [0.2, 0.25) is 0 Å². The fraction of sp³-hybridized carbons (Fsp3) is 0.909. The average Bonchev–Trinajstić information content (AvgIpc) is 3.09. The summed E-state index contributed by atoms with van der Waals surface area (Å²) in [5.41, 5.74) is 5.81. The molecule has 0 aromatic heterocycles. The van der Waals surface area contributed by atoms with Crippen molar-refractivity contribution in [2.24, 2.45) is 16.6 Å². The second kappa shape index (κ2) is 5.47. The molecule has 2 fully saturated rings. The van der Waals surface area contributed by atoms with Gasteiger partial charge in [-0.25, -0.2) is 0 Å². The third-order valence-electron chi connectivity index (χ3n) is 3.03. The van der Waals surface area contributed by atoms with Crippen molar-refractivity contribution in [1.82, 2.24) is 4.90 Å². The number of hydrogen-bond donors (Lipinski definition) is 1. The van der Waals surface area contributed by atoms with Crippen LogP contribution >= 0.6 is 0 Å². The molecule has 0 aromatic rings. The SMILES string of the molecule is NC(=NCCCN1CCOCC1)C1CC1. The Morgan fingerprint density at radius 2 is 2.07 bits per heavy atom. The van der Waals surface area contributed by atoms with Crippen molar-refractivity contribution in [1.29, 1.82) is 0 Å². The minimum atomic E-state index is 0.619. The number of hydrogen-bond acceptors (Lipinski definition) is 3. The van der Waals surface area contributed by atoms with Crippen LogP contribution in [0.3, 0.4) is 0 Å². The Balaban J connectivity index is 1.55. The van der Waals surface area contributed by atoms with Crippen molar-refractivity contribution in [2.45, 2.75) is 19.3 Å². The third kappa shape index (κ3) is 3.80. The zero-order chi connectivity index (χ0) is 10.5. The predicted octanol–water partition coefficient (Wildman–Crippen LogP) is 0.476. The van der Waals surface area contributed by atoms with E-state index >= 15 is 0 Å². The average molecular weight is 211 g/mol. The number of rotatable bonds is 5. The number of morpholine rings is 1. The van der Waals surface area contributed by atoms with E-state index in [1.807, 2.05) is 0 Å². The molecule has 0 aromatic carbocycles. The Hall–Kier alpha value is -0.610. The maximum absolute atomic E-state index is 5.81. The monoisotopic (exact) mass is 211 g/mol. The van der Waals surface area contributed by atoms with Crippen LogP contribution in [0.1, 0.15) is 19.3 Å². The van der Waals surface area contributed by atoms with Crippen LogP contribution in [0.2, 0.25) is 0 Å². The maximum Gasteiger partial charge on any atom is 0.0968 e. The molecule has 86 valence electrons. The van der Waals surface area contributed by atoms with Gasteiger partial charge in [-0.3, -0.25) is 9.89 Å². The van der Waals surface area contributed by atoms with E-state index < -0.39 is 0 Å². The van der Waals surface area contributed by atoms with Crippen LogP contribution in [0.25, 0.3) is 0 Å². The predicted molar refractivity (Wildman–Crippen MR) is 61.1 cm³/mol. The van der Waals surface area contributed by atoms with E-state index in [9.17, 15) is 0 Å². The van der Waals surface area contributed by atoms with Gasteiger partial charge in [-0.2, -0.15) is 0 Å². The highest BCUT2D eigenvalue weighted by Crippen LogP contribution is 2.28. The van der Waals surface area contributed by atoms with Crippen molar-refractivity contribution < 1.29 is 4.74 Å². The van der Waals surface area contributed by atoms with Crippen molar-refractivity contribution in [3.63, 3.8) is 0 Å². The molecule has 0 atom stereocenters.